The SMILES string of the molecule is Cc1c(C(=O)NCc2ccc(N3CCCC3)nc2)cnn1-c1ccccc1F. The van der Waals surface area contributed by atoms with Gasteiger partial charge in [-0.1, -0.05) is 18.2 Å². The van der Waals surface area contributed by atoms with E-state index in [4.69, 9.17) is 0 Å². The molecule has 144 valence electrons. The summed E-state index contributed by atoms with van der Waals surface area (Å²) in [5.41, 5.74) is 2.26. The maximum absolute atomic E-state index is 14.0. The van der Waals surface area contributed by atoms with E-state index in [1.54, 1.807) is 31.3 Å². The summed E-state index contributed by atoms with van der Waals surface area (Å²) in [4.78, 5) is 19.3. The number of halogens is 1. The van der Waals surface area contributed by atoms with Crippen LogP contribution in [0.1, 0.15) is 34.5 Å². The molecular formula is C21H22FN5O. The van der Waals surface area contributed by atoms with E-state index in [1.807, 2.05) is 12.1 Å². The second-order valence-corrected chi connectivity index (χ2v) is 6.91. The summed E-state index contributed by atoms with van der Waals surface area (Å²) in [6.07, 6.45) is 5.67. The molecule has 1 aromatic carbocycles. The van der Waals surface area contributed by atoms with Crippen molar-refractivity contribution in [1.29, 1.82) is 0 Å². The number of amides is 1. The van der Waals surface area contributed by atoms with Crippen LogP contribution in [0.3, 0.4) is 0 Å². The van der Waals surface area contributed by atoms with Gasteiger partial charge in [-0.3, -0.25) is 4.79 Å². The lowest BCUT2D eigenvalue weighted by Crippen LogP contribution is -2.24. The predicted molar refractivity (Wildman–Crippen MR) is 105 cm³/mol. The fraction of sp³-hybridized carbons (Fsp3) is 0.286. The second kappa shape index (κ2) is 7.80. The molecule has 4 rings (SSSR count). The molecule has 0 spiro atoms. The van der Waals surface area contributed by atoms with E-state index in [0.29, 0.717) is 23.5 Å². The minimum absolute atomic E-state index is 0.247. The first kappa shape index (κ1) is 18.2. The molecule has 0 bridgehead atoms. The van der Waals surface area contributed by atoms with Crippen molar-refractivity contribution in [2.24, 2.45) is 0 Å². The monoisotopic (exact) mass is 379 g/mol. The summed E-state index contributed by atoms with van der Waals surface area (Å²) in [5, 5.41) is 7.06. The number of carbonyl (C=O) groups excluding carboxylic acids is 1. The lowest BCUT2D eigenvalue weighted by Gasteiger charge is -2.16. The van der Waals surface area contributed by atoms with Crippen molar-refractivity contribution in [2.45, 2.75) is 26.3 Å². The highest BCUT2D eigenvalue weighted by molar-refractivity contribution is 5.95. The van der Waals surface area contributed by atoms with Crippen LogP contribution in [0.2, 0.25) is 0 Å². The van der Waals surface area contributed by atoms with Crippen molar-refractivity contribution < 1.29 is 9.18 Å². The first-order chi connectivity index (χ1) is 13.6. The highest BCUT2D eigenvalue weighted by Gasteiger charge is 2.17. The van der Waals surface area contributed by atoms with Gasteiger partial charge in [-0.2, -0.15) is 5.10 Å². The summed E-state index contributed by atoms with van der Waals surface area (Å²) in [5.74, 6) is 0.350. The zero-order valence-electron chi connectivity index (χ0n) is 15.7. The van der Waals surface area contributed by atoms with E-state index >= 15 is 0 Å². The molecule has 0 atom stereocenters. The smallest absolute Gasteiger partial charge is 0.255 e. The molecule has 1 aliphatic heterocycles. The maximum Gasteiger partial charge on any atom is 0.255 e. The fourth-order valence-corrected chi connectivity index (χ4v) is 3.43. The molecule has 2 aromatic heterocycles. The Morgan fingerprint density at radius 3 is 2.64 bits per heavy atom. The zero-order valence-corrected chi connectivity index (χ0v) is 15.7. The van der Waals surface area contributed by atoms with Gasteiger partial charge in [0.1, 0.15) is 17.3 Å². The van der Waals surface area contributed by atoms with Gasteiger partial charge in [-0.15, -0.1) is 0 Å². The van der Waals surface area contributed by atoms with Gasteiger partial charge in [0.15, 0.2) is 0 Å². The standard InChI is InChI=1S/C21H22FN5O/c1-15-17(14-25-27(15)19-7-3-2-6-18(19)22)21(28)24-13-16-8-9-20(23-12-16)26-10-4-5-11-26/h2-3,6-9,12,14H,4-5,10-11,13H2,1H3,(H,24,28). The van der Waals surface area contributed by atoms with Crippen molar-refractivity contribution in [3.63, 3.8) is 0 Å². The topological polar surface area (TPSA) is 63.1 Å². The van der Waals surface area contributed by atoms with Gasteiger partial charge in [-0.25, -0.2) is 14.1 Å². The minimum atomic E-state index is -0.384. The first-order valence-electron chi connectivity index (χ1n) is 9.41. The van der Waals surface area contributed by atoms with Gasteiger partial charge in [0.05, 0.1) is 17.5 Å². The number of hydrogen-bond acceptors (Lipinski definition) is 4. The number of pyridine rings is 1. The van der Waals surface area contributed by atoms with E-state index in [-0.39, 0.29) is 11.7 Å². The second-order valence-electron chi connectivity index (χ2n) is 6.91. The van der Waals surface area contributed by atoms with Gasteiger partial charge in [0.25, 0.3) is 5.91 Å². The lowest BCUT2D eigenvalue weighted by molar-refractivity contribution is 0.0950. The van der Waals surface area contributed by atoms with E-state index in [9.17, 15) is 9.18 Å². The summed E-state index contributed by atoms with van der Waals surface area (Å²) in [6, 6.07) is 10.3. The number of aromatic nitrogens is 3. The lowest BCUT2D eigenvalue weighted by atomic mass is 10.2. The molecule has 1 aliphatic rings. The Morgan fingerprint density at radius 2 is 1.93 bits per heavy atom. The van der Waals surface area contributed by atoms with Crippen LogP contribution in [0, 0.1) is 12.7 Å². The van der Waals surface area contributed by atoms with Crippen molar-refractivity contribution >= 4 is 11.7 Å². The van der Waals surface area contributed by atoms with Gasteiger partial charge < -0.3 is 10.2 Å². The van der Waals surface area contributed by atoms with Crippen LogP contribution in [0.25, 0.3) is 5.69 Å². The Labute approximate surface area is 163 Å². The van der Waals surface area contributed by atoms with Crippen LogP contribution in [-0.4, -0.2) is 33.8 Å². The summed E-state index contributed by atoms with van der Waals surface area (Å²) >= 11 is 0. The average molecular weight is 379 g/mol. The quantitative estimate of drug-likeness (QED) is 0.739. The van der Waals surface area contributed by atoms with Gasteiger partial charge in [-0.05, 0) is 43.5 Å². The predicted octanol–water partition coefficient (Wildman–Crippen LogP) is 3.25. The van der Waals surface area contributed by atoms with Crippen molar-refractivity contribution in [2.75, 3.05) is 18.0 Å². The van der Waals surface area contributed by atoms with Crippen LogP contribution in [0.5, 0.6) is 0 Å². The molecule has 3 heterocycles. The number of hydrogen-bond donors (Lipinski definition) is 1. The molecule has 28 heavy (non-hydrogen) atoms. The van der Waals surface area contributed by atoms with Gasteiger partial charge in [0, 0.05) is 25.8 Å². The Hall–Kier alpha value is -3.22. The molecule has 0 saturated carbocycles. The van der Waals surface area contributed by atoms with E-state index < -0.39 is 0 Å². The van der Waals surface area contributed by atoms with E-state index in [1.165, 1.54) is 29.8 Å². The Kier molecular flexibility index (Phi) is 5.06. The van der Waals surface area contributed by atoms with Gasteiger partial charge >= 0.3 is 0 Å². The molecule has 1 fully saturated rings. The van der Waals surface area contributed by atoms with Crippen LogP contribution in [0.15, 0.2) is 48.8 Å². The highest BCUT2D eigenvalue weighted by Crippen LogP contribution is 2.19. The fourth-order valence-electron chi connectivity index (χ4n) is 3.43. The molecule has 0 radical (unpaired) electrons. The number of anilines is 1. The van der Waals surface area contributed by atoms with Crippen molar-refractivity contribution in [1.82, 2.24) is 20.1 Å². The number of para-hydroxylation sites is 1. The molecule has 3 aromatic rings. The number of nitrogens with zero attached hydrogens (tertiary/aromatic N) is 4. The molecule has 0 unspecified atom stereocenters. The molecule has 1 amide bonds. The van der Waals surface area contributed by atoms with Crippen LogP contribution < -0.4 is 10.2 Å². The van der Waals surface area contributed by atoms with Crippen LogP contribution in [-0.2, 0) is 6.54 Å². The largest absolute Gasteiger partial charge is 0.357 e. The molecule has 1 saturated heterocycles. The van der Waals surface area contributed by atoms with Crippen molar-refractivity contribution in [3.8, 4) is 5.69 Å². The van der Waals surface area contributed by atoms with Crippen LogP contribution >= 0.6 is 0 Å². The number of carbonyl (C=O) groups is 1. The third-order valence-corrected chi connectivity index (χ3v) is 5.03. The zero-order chi connectivity index (χ0) is 19.5. The number of benzene rings is 1. The van der Waals surface area contributed by atoms with Gasteiger partial charge in [0.2, 0.25) is 0 Å². The third kappa shape index (κ3) is 3.60. The van der Waals surface area contributed by atoms with Crippen molar-refractivity contribution in [3.05, 3.63) is 71.4 Å². The number of nitrogens with one attached hydrogen (secondary N) is 1. The number of rotatable bonds is 5. The average Bonchev–Trinajstić information content (AvgIpc) is 3.37. The molecule has 7 heteroatoms. The summed E-state index contributed by atoms with van der Waals surface area (Å²) in [6.45, 7) is 4.22. The Morgan fingerprint density at radius 1 is 1.14 bits per heavy atom. The normalized spacial score (nSPS) is 13.7. The Balaban J connectivity index is 1.42. The Bertz CT molecular complexity index is 977. The highest BCUT2D eigenvalue weighted by atomic mass is 19.1. The molecular weight excluding hydrogens is 357 g/mol. The maximum atomic E-state index is 14.0. The van der Waals surface area contributed by atoms with E-state index in [2.05, 4.69) is 20.3 Å². The summed E-state index contributed by atoms with van der Waals surface area (Å²) < 4.78 is 15.4. The third-order valence-electron chi connectivity index (χ3n) is 5.03. The molecule has 0 aliphatic carbocycles. The first-order valence-corrected chi connectivity index (χ1v) is 9.41. The molecule has 1 N–H and O–H groups in total. The van der Waals surface area contributed by atoms with E-state index in [0.717, 1.165) is 24.5 Å². The minimum Gasteiger partial charge on any atom is -0.357 e. The summed E-state index contributed by atoms with van der Waals surface area (Å²) in [7, 11) is 0. The molecule has 6 nitrogen and oxygen atoms in total. The van der Waals surface area contributed by atoms with Crippen LogP contribution in [0.4, 0.5) is 10.2 Å².